The molecule has 0 aromatic heterocycles. The van der Waals surface area contributed by atoms with Crippen LogP contribution >= 0.6 is 0 Å². The molecule has 0 atom stereocenters. The van der Waals surface area contributed by atoms with Crippen molar-refractivity contribution in [2.24, 2.45) is 0 Å². The molecule has 11 heavy (non-hydrogen) atoms. The summed E-state index contributed by atoms with van der Waals surface area (Å²) in [6.45, 7) is 6.06. The molecule has 0 aliphatic heterocycles. The zero-order chi connectivity index (χ0) is 8.69. The van der Waals surface area contributed by atoms with Crippen molar-refractivity contribution in [1.82, 2.24) is 0 Å². The smallest absolute Gasteiger partial charge is 0.0949 e. The van der Waals surface area contributed by atoms with Crippen molar-refractivity contribution in [3.05, 3.63) is 23.3 Å². The van der Waals surface area contributed by atoms with Crippen molar-refractivity contribution in [3.63, 3.8) is 0 Å². The fourth-order valence-corrected chi connectivity index (χ4v) is 0.764. The lowest BCUT2D eigenvalue weighted by Crippen LogP contribution is -1.82. The van der Waals surface area contributed by atoms with E-state index in [2.05, 4.69) is 13.0 Å². The van der Waals surface area contributed by atoms with Gasteiger partial charge in [-0.1, -0.05) is 24.6 Å². The van der Waals surface area contributed by atoms with E-state index in [-0.39, 0.29) is 0 Å². The molecular formula is C10H15N. The Morgan fingerprint density at radius 3 is 2.55 bits per heavy atom. The minimum absolute atomic E-state index is 0.784. The maximum absolute atomic E-state index is 8.71. The Bertz CT molecular complexity index is 203. The molecule has 0 fully saturated rings. The van der Waals surface area contributed by atoms with E-state index in [1.165, 1.54) is 5.57 Å². The quantitative estimate of drug-likeness (QED) is 0.446. The van der Waals surface area contributed by atoms with E-state index in [4.69, 9.17) is 5.26 Å². The first-order chi connectivity index (χ1) is 5.26. The summed E-state index contributed by atoms with van der Waals surface area (Å²) in [5, 5.41) is 8.71. The lowest BCUT2D eigenvalue weighted by atomic mass is 10.1. The molecule has 1 heteroatoms. The monoisotopic (exact) mass is 149 g/mol. The first-order valence-electron chi connectivity index (χ1n) is 3.96. The van der Waals surface area contributed by atoms with Crippen LogP contribution in [0.1, 0.15) is 33.6 Å². The van der Waals surface area contributed by atoms with Gasteiger partial charge in [-0.05, 0) is 20.3 Å². The molecule has 60 valence electrons. The van der Waals surface area contributed by atoms with Gasteiger partial charge in [-0.3, -0.25) is 0 Å². The molecule has 0 N–H and O–H groups in total. The number of nitrogens with zero attached hydrogens (tertiary/aromatic N) is 1. The summed E-state index contributed by atoms with van der Waals surface area (Å²) in [4.78, 5) is 0. The van der Waals surface area contributed by atoms with E-state index in [0.717, 1.165) is 18.4 Å². The molecule has 0 rings (SSSR count). The first kappa shape index (κ1) is 9.97. The van der Waals surface area contributed by atoms with E-state index in [1.807, 2.05) is 26.0 Å². The molecule has 0 bridgehead atoms. The first-order valence-corrected chi connectivity index (χ1v) is 3.96. The lowest BCUT2D eigenvalue weighted by Gasteiger charge is -1.97. The molecule has 0 aromatic rings. The summed E-state index contributed by atoms with van der Waals surface area (Å²) in [5.41, 5.74) is 2.11. The summed E-state index contributed by atoms with van der Waals surface area (Å²) in [6, 6.07) is 2.22. The van der Waals surface area contributed by atoms with Crippen molar-refractivity contribution in [2.75, 3.05) is 0 Å². The third kappa shape index (κ3) is 3.62. The van der Waals surface area contributed by atoms with Gasteiger partial charge < -0.3 is 0 Å². The van der Waals surface area contributed by atoms with Gasteiger partial charge in [0, 0.05) is 12.0 Å². The highest BCUT2D eigenvalue weighted by Gasteiger charge is 1.96. The van der Waals surface area contributed by atoms with Crippen LogP contribution in [0.3, 0.4) is 0 Å². The predicted octanol–water partition coefficient (Wildman–Crippen LogP) is 3.20. The van der Waals surface area contributed by atoms with Gasteiger partial charge in [-0.15, -0.1) is 0 Å². The van der Waals surface area contributed by atoms with E-state index in [9.17, 15) is 0 Å². The Kier molecular flexibility index (Phi) is 5.20. The zero-order valence-electron chi connectivity index (χ0n) is 7.52. The van der Waals surface area contributed by atoms with E-state index < -0.39 is 0 Å². The SMILES string of the molecule is C/C=C/C/C(C#N)=C(/C)CC. The van der Waals surface area contributed by atoms with Gasteiger partial charge in [0.2, 0.25) is 0 Å². The molecule has 0 aliphatic carbocycles. The van der Waals surface area contributed by atoms with Gasteiger partial charge in [0.25, 0.3) is 0 Å². The second kappa shape index (κ2) is 5.73. The molecule has 0 aromatic carbocycles. The van der Waals surface area contributed by atoms with Crippen LogP contribution in [0.25, 0.3) is 0 Å². The number of rotatable bonds is 3. The van der Waals surface area contributed by atoms with Gasteiger partial charge in [0.1, 0.15) is 0 Å². The summed E-state index contributed by atoms with van der Waals surface area (Å²) < 4.78 is 0. The van der Waals surface area contributed by atoms with E-state index in [0.29, 0.717) is 0 Å². The Balaban J connectivity index is 4.30. The van der Waals surface area contributed by atoms with Crippen LogP contribution in [-0.4, -0.2) is 0 Å². The van der Waals surface area contributed by atoms with Crippen LogP contribution in [0.2, 0.25) is 0 Å². The molecular weight excluding hydrogens is 134 g/mol. The zero-order valence-corrected chi connectivity index (χ0v) is 7.52. The standard InChI is InChI=1S/C10H15N/c1-4-6-7-10(8-11)9(3)5-2/h4,6H,5,7H2,1-3H3/b6-4+,10-9+. The van der Waals surface area contributed by atoms with Crippen LogP contribution in [0.4, 0.5) is 0 Å². The van der Waals surface area contributed by atoms with Gasteiger partial charge in [0.05, 0.1) is 6.07 Å². The average molecular weight is 149 g/mol. The van der Waals surface area contributed by atoms with Crippen LogP contribution in [0.5, 0.6) is 0 Å². The highest BCUT2D eigenvalue weighted by Crippen LogP contribution is 2.10. The largest absolute Gasteiger partial charge is 0.193 e. The highest BCUT2D eigenvalue weighted by atomic mass is 14.2. The molecule has 0 radical (unpaired) electrons. The number of allylic oxidation sites excluding steroid dienone is 4. The molecule has 0 amide bonds. The Morgan fingerprint density at radius 2 is 2.18 bits per heavy atom. The Morgan fingerprint density at radius 1 is 1.55 bits per heavy atom. The van der Waals surface area contributed by atoms with Crippen molar-refractivity contribution in [3.8, 4) is 6.07 Å². The summed E-state index contributed by atoms with van der Waals surface area (Å²) in [6.07, 6.45) is 5.74. The number of hydrogen-bond acceptors (Lipinski definition) is 1. The van der Waals surface area contributed by atoms with Gasteiger partial charge in [-0.25, -0.2) is 0 Å². The van der Waals surface area contributed by atoms with Crippen LogP contribution < -0.4 is 0 Å². The molecule has 0 unspecified atom stereocenters. The maximum atomic E-state index is 8.71. The lowest BCUT2D eigenvalue weighted by molar-refractivity contribution is 1.05. The van der Waals surface area contributed by atoms with Crippen LogP contribution in [0, 0.1) is 11.3 Å². The second-order valence-corrected chi connectivity index (χ2v) is 2.50. The fraction of sp³-hybridized carbons (Fsp3) is 0.500. The average Bonchev–Trinajstić information content (AvgIpc) is 2.05. The molecule has 0 saturated carbocycles. The Hall–Kier alpha value is -1.03. The Labute approximate surface area is 69.0 Å². The van der Waals surface area contributed by atoms with Crippen molar-refractivity contribution in [2.45, 2.75) is 33.6 Å². The highest BCUT2D eigenvalue weighted by molar-refractivity contribution is 5.28. The number of hydrogen-bond donors (Lipinski definition) is 0. The summed E-state index contributed by atoms with van der Waals surface area (Å²) >= 11 is 0. The van der Waals surface area contributed by atoms with Crippen LogP contribution in [-0.2, 0) is 0 Å². The van der Waals surface area contributed by atoms with Crippen molar-refractivity contribution >= 4 is 0 Å². The predicted molar refractivity (Wildman–Crippen MR) is 48.0 cm³/mol. The maximum Gasteiger partial charge on any atom is 0.0949 e. The fourth-order valence-electron chi connectivity index (χ4n) is 0.764. The summed E-state index contributed by atoms with van der Waals surface area (Å²) in [7, 11) is 0. The van der Waals surface area contributed by atoms with Crippen molar-refractivity contribution in [1.29, 1.82) is 5.26 Å². The van der Waals surface area contributed by atoms with Gasteiger partial charge in [-0.2, -0.15) is 5.26 Å². The van der Waals surface area contributed by atoms with E-state index in [1.54, 1.807) is 0 Å². The second-order valence-electron chi connectivity index (χ2n) is 2.50. The molecule has 1 nitrogen and oxygen atoms in total. The van der Waals surface area contributed by atoms with Gasteiger partial charge in [0.15, 0.2) is 0 Å². The van der Waals surface area contributed by atoms with E-state index >= 15 is 0 Å². The summed E-state index contributed by atoms with van der Waals surface area (Å²) in [5.74, 6) is 0. The number of nitriles is 1. The van der Waals surface area contributed by atoms with Gasteiger partial charge >= 0.3 is 0 Å². The molecule has 0 spiro atoms. The molecule has 0 saturated heterocycles. The molecule has 0 heterocycles. The minimum atomic E-state index is 0.784. The molecule has 0 aliphatic rings. The minimum Gasteiger partial charge on any atom is -0.193 e. The van der Waals surface area contributed by atoms with Crippen LogP contribution in [0.15, 0.2) is 23.3 Å². The third-order valence-electron chi connectivity index (χ3n) is 1.74. The third-order valence-corrected chi connectivity index (χ3v) is 1.74. The normalized spacial score (nSPS) is 12.9. The van der Waals surface area contributed by atoms with Crippen molar-refractivity contribution < 1.29 is 0 Å². The topological polar surface area (TPSA) is 23.8 Å².